The number of rotatable bonds is 5. The van der Waals surface area contributed by atoms with Gasteiger partial charge in [-0.25, -0.2) is 0 Å². The molecule has 86 valence electrons. The molecule has 1 rings (SSSR count). The van der Waals surface area contributed by atoms with Crippen LogP contribution in [0.25, 0.3) is 0 Å². The summed E-state index contributed by atoms with van der Waals surface area (Å²) in [6.45, 7) is 1.99. The third kappa shape index (κ3) is 3.24. The number of hydrogen-bond acceptors (Lipinski definition) is 2. The highest BCUT2D eigenvalue weighted by Crippen LogP contribution is 2.28. The van der Waals surface area contributed by atoms with Crippen LogP contribution in [0, 0.1) is 19.3 Å². The van der Waals surface area contributed by atoms with Crippen LogP contribution in [-0.4, -0.2) is 0 Å². The summed E-state index contributed by atoms with van der Waals surface area (Å²) < 4.78 is 0. The predicted molar refractivity (Wildman–Crippen MR) is 68.9 cm³/mol. The number of benzene rings is 1. The highest BCUT2D eigenvalue weighted by atomic mass is 35.5. The van der Waals surface area contributed by atoms with Crippen molar-refractivity contribution in [3.8, 4) is 12.3 Å². The second kappa shape index (κ2) is 6.55. The Kier molecular flexibility index (Phi) is 5.34. The Balaban J connectivity index is 2.79. The van der Waals surface area contributed by atoms with E-state index < -0.39 is 0 Å². The van der Waals surface area contributed by atoms with Gasteiger partial charge in [0.1, 0.15) is 0 Å². The maximum atomic E-state index is 6.24. The van der Waals surface area contributed by atoms with E-state index in [0.29, 0.717) is 0 Å². The minimum atomic E-state index is 0.0701. The SMILES string of the molecule is C#CCCCC(NN)c1cccc(C)c1Cl. The van der Waals surface area contributed by atoms with E-state index in [4.69, 9.17) is 23.9 Å². The average molecular weight is 237 g/mol. The summed E-state index contributed by atoms with van der Waals surface area (Å²) in [6.07, 6.45) is 7.82. The predicted octanol–water partition coefficient (Wildman–Crippen LogP) is 2.96. The minimum Gasteiger partial charge on any atom is -0.271 e. The van der Waals surface area contributed by atoms with Crippen LogP contribution in [0.1, 0.15) is 36.4 Å². The molecule has 0 heterocycles. The molecule has 2 nitrogen and oxygen atoms in total. The van der Waals surface area contributed by atoms with Gasteiger partial charge >= 0.3 is 0 Å². The highest BCUT2D eigenvalue weighted by molar-refractivity contribution is 6.32. The van der Waals surface area contributed by atoms with E-state index in [1.165, 1.54) is 0 Å². The van der Waals surface area contributed by atoms with Gasteiger partial charge in [0, 0.05) is 17.5 Å². The number of hydrazine groups is 1. The number of terminal acetylenes is 1. The van der Waals surface area contributed by atoms with Crippen molar-refractivity contribution in [3.05, 3.63) is 34.3 Å². The summed E-state index contributed by atoms with van der Waals surface area (Å²) in [6, 6.07) is 6.04. The van der Waals surface area contributed by atoms with Crippen LogP contribution < -0.4 is 11.3 Å². The number of nitrogens with two attached hydrogens (primary N) is 1. The van der Waals surface area contributed by atoms with Crippen molar-refractivity contribution < 1.29 is 0 Å². The van der Waals surface area contributed by atoms with Gasteiger partial charge in [0.2, 0.25) is 0 Å². The van der Waals surface area contributed by atoms with E-state index in [0.717, 1.165) is 35.4 Å². The summed E-state index contributed by atoms with van der Waals surface area (Å²) in [5.41, 5.74) is 4.90. The van der Waals surface area contributed by atoms with Gasteiger partial charge in [0.05, 0.1) is 0 Å². The zero-order chi connectivity index (χ0) is 12.0. The zero-order valence-electron chi connectivity index (χ0n) is 9.46. The molecular weight excluding hydrogens is 220 g/mol. The molecule has 1 atom stereocenters. The average Bonchev–Trinajstić information content (AvgIpc) is 2.29. The Hall–Kier alpha value is -1.01. The first-order chi connectivity index (χ1) is 7.70. The molecule has 0 aliphatic carbocycles. The Morgan fingerprint density at radius 1 is 1.56 bits per heavy atom. The normalized spacial score (nSPS) is 12.1. The van der Waals surface area contributed by atoms with Crippen LogP contribution in [0.5, 0.6) is 0 Å². The Labute approximate surface area is 102 Å². The molecule has 1 unspecified atom stereocenters. The lowest BCUT2D eigenvalue weighted by Gasteiger charge is -2.18. The molecule has 0 aromatic heterocycles. The number of unbranched alkanes of at least 4 members (excludes halogenated alkanes) is 1. The largest absolute Gasteiger partial charge is 0.271 e. The lowest BCUT2D eigenvalue weighted by Crippen LogP contribution is -2.28. The summed E-state index contributed by atoms with van der Waals surface area (Å²) >= 11 is 6.24. The fraction of sp³-hybridized carbons (Fsp3) is 0.385. The fourth-order valence-electron chi connectivity index (χ4n) is 1.68. The number of aryl methyl sites for hydroxylation is 1. The van der Waals surface area contributed by atoms with Gasteiger partial charge in [-0.05, 0) is 30.9 Å². The van der Waals surface area contributed by atoms with E-state index in [9.17, 15) is 0 Å². The summed E-state index contributed by atoms with van der Waals surface area (Å²) in [7, 11) is 0. The van der Waals surface area contributed by atoms with Gasteiger partial charge < -0.3 is 0 Å². The maximum absolute atomic E-state index is 6.24. The topological polar surface area (TPSA) is 38.0 Å². The smallest absolute Gasteiger partial charge is 0.0483 e. The van der Waals surface area contributed by atoms with Crippen molar-refractivity contribution in [1.82, 2.24) is 5.43 Å². The molecule has 0 aliphatic rings. The molecule has 0 saturated carbocycles. The van der Waals surface area contributed by atoms with E-state index in [1.54, 1.807) is 0 Å². The number of halogens is 1. The first-order valence-electron chi connectivity index (χ1n) is 5.35. The lowest BCUT2D eigenvalue weighted by atomic mass is 10.00. The molecular formula is C13H17ClN2. The zero-order valence-corrected chi connectivity index (χ0v) is 10.2. The van der Waals surface area contributed by atoms with Crippen molar-refractivity contribution in [1.29, 1.82) is 0 Å². The van der Waals surface area contributed by atoms with E-state index in [2.05, 4.69) is 11.3 Å². The van der Waals surface area contributed by atoms with Crippen LogP contribution >= 0.6 is 11.6 Å². The summed E-state index contributed by atoms with van der Waals surface area (Å²) in [5.74, 6) is 8.17. The third-order valence-electron chi connectivity index (χ3n) is 2.61. The van der Waals surface area contributed by atoms with Gasteiger partial charge in [-0.1, -0.05) is 29.8 Å². The molecule has 3 heteroatoms. The Bertz CT molecular complexity index is 382. The number of nitrogens with one attached hydrogen (secondary N) is 1. The van der Waals surface area contributed by atoms with Crippen molar-refractivity contribution in [2.75, 3.05) is 0 Å². The van der Waals surface area contributed by atoms with Crippen LogP contribution in [0.2, 0.25) is 5.02 Å². The first kappa shape index (κ1) is 13.1. The molecule has 3 N–H and O–H groups in total. The molecule has 0 bridgehead atoms. The van der Waals surface area contributed by atoms with E-state index >= 15 is 0 Å². The van der Waals surface area contributed by atoms with Gasteiger partial charge in [0.25, 0.3) is 0 Å². The van der Waals surface area contributed by atoms with Crippen molar-refractivity contribution in [2.24, 2.45) is 5.84 Å². The molecule has 0 spiro atoms. The van der Waals surface area contributed by atoms with Crippen molar-refractivity contribution in [2.45, 2.75) is 32.2 Å². The molecule has 0 saturated heterocycles. The molecule has 0 amide bonds. The van der Waals surface area contributed by atoms with Crippen LogP contribution in [-0.2, 0) is 0 Å². The van der Waals surface area contributed by atoms with Crippen LogP contribution in [0.4, 0.5) is 0 Å². The first-order valence-corrected chi connectivity index (χ1v) is 5.73. The molecule has 0 aliphatic heterocycles. The molecule has 1 aromatic rings. The van der Waals surface area contributed by atoms with Gasteiger partial charge in [0.15, 0.2) is 0 Å². The Morgan fingerprint density at radius 2 is 2.31 bits per heavy atom. The standard InChI is InChI=1S/C13H17ClN2/c1-3-4-5-9-12(16-15)11-8-6-7-10(2)13(11)14/h1,6-8,12,16H,4-5,9,15H2,2H3. The summed E-state index contributed by atoms with van der Waals surface area (Å²) in [5, 5.41) is 0.783. The molecule has 16 heavy (non-hydrogen) atoms. The van der Waals surface area contributed by atoms with Crippen molar-refractivity contribution >= 4 is 11.6 Å². The maximum Gasteiger partial charge on any atom is 0.0483 e. The second-order valence-electron chi connectivity index (χ2n) is 3.79. The Morgan fingerprint density at radius 3 is 2.94 bits per heavy atom. The third-order valence-corrected chi connectivity index (χ3v) is 3.13. The molecule has 1 aromatic carbocycles. The van der Waals surface area contributed by atoms with Gasteiger partial charge in [-0.2, -0.15) is 0 Å². The van der Waals surface area contributed by atoms with E-state index in [-0.39, 0.29) is 6.04 Å². The lowest BCUT2D eigenvalue weighted by molar-refractivity contribution is 0.502. The summed E-state index contributed by atoms with van der Waals surface area (Å²) in [4.78, 5) is 0. The van der Waals surface area contributed by atoms with E-state index in [1.807, 2.05) is 25.1 Å². The highest BCUT2D eigenvalue weighted by Gasteiger charge is 2.13. The number of hydrogen-bond donors (Lipinski definition) is 2. The van der Waals surface area contributed by atoms with Crippen molar-refractivity contribution in [3.63, 3.8) is 0 Å². The van der Waals surface area contributed by atoms with Crippen LogP contribution in [0.15, 0.2) is 18.2 Å². The molecule has 0 radical (unpaired) electrons. The fourth-order valence-corrected chi connectivity index (χ4v) is 1.93. The van der Waals surface area contributed by atoms with Crippen LogP contribution in [0.3, 0.4) is 0 Å². The quantitative estimate of drug-likeness (QED) is 0.357. The second-order valence-corrected chi connectivity index (χ2v) is 4.17. The monoisotopic (exact) mass is 236 g/mol. The molecule has 0 fully saturated rings. The van der Waals surface area contributed by atoms with Gasteiger partial charge in [-0.15, -0.1) is 12.3 Å². The minimum absolute atomic E-state index is 0.0701. The van der Waals surface area contributed by atoms with Gasteiger partial charge in [-0.3, -0.25) is 11.3 Å².